The zero-order valence-electron chi connectivity index (χ0n) is 16.5. The maximum atomic E-state index is 15.0. The number of methoxy groups -OCH3 is 1. The number of pyridine rings is 1. The number of hydrogen-bond donors (Lipinski definition) is 1. The topological polar surface area (TPSA) is 91.4 Å². The number of primary sulfonamides is 1. The van der Waals surface area contributed by atoms with Crippen molar-refractivity contribution in [2.75, 3.05) is 7.11 Å². The van der Waals surface area contributed by atoms with Crippen LogP contribution in [0.5, 0.6) is 5.75 Å². The highest BCUT2D eigenvalue weighted by Crippen LogP contribution is 2.34. The molecule has 0 atom stereocenters. The molecule has 0 aliphatic carbocycles. The van der Waals surface area contributed by atoms with Gasteiger partial charge in [0.2, 0.25) is 10.0 Å². The number of sulfonamides is 1. The van der Waals surface area contributed by atoms with Gasteiger partial charge in [0.15, 0.2) is 0 Å². The van der Waals surface area contributed by atoms with Gasteiger partial charge >= 0.3 is 0 Å². The second kappa shape index (κ2) is 7.81. The molecule has 0 saturated heterocycles. The number of benzene rings is 3. The van der Waals surface area contributed by atoms with Crippen LogP contribution in [0.15, 0.2) is 70.4 Å². The molecule has 4 rings (SSSR count). The van der Waals surface area contributed by atoms with E-state index in [1.165, 1.54) is 43.5 Å². The number of halogens is 3. The molecule has 1 heterocycles. The third-order valence-electron chi connectivity index (χ3n) is 4.88. The highest BCUT2D eigenvalue weighted by atomic mass is 32.2. The van der Waals surface area contributed by atoms with Crippen molar-refractivity contribution in [3.63, 3.8) is 0 Å². The Kier molecular flexibility index (Phi) is 5.27. The summed E-state index contributed by atoms with van der Waals surface area (Å²) >= 11 is 0. The van der Waals surface area contributed by atoms with Crippen LogP contribution in [0.1, 0.15) is 0 Å². The van der Waals surface area contributed by atoms with E-state index < -0.39 is 33.0 Å². The van der Waals surface area contributed by atoms with Crippen LogP contribution in [0.2, 0.25) is 0 Å². The average Bonchev–Trinajstić information content (AvgIpc) is 2.71. The normalized spacial score (nSPS) is 11.7. The van der Waals surface area contributed by atoms with Crippen LogP contribution in [0.25, 0.3) is 27.7 Å². The van der Waals surface area contributed by atoms with Crippen molar-refractivity contribution in [2.24, 2.45) is 5.14 Å². The van der Waals surface area contributed by atoms with Gasteiger partial charge in [-0.2, -0.15) is 0 Å². The monoisotopic (exact) mass is 460 g/mol. The van der Waals surface area contributed by atoms with Crippen LogP contribution in [-0.2, 0) is 10.0 Å². The SMILES string of the molecule is COc1cc(-c2cc(F)cc(F)c2)c(F)cc1-n1c(=O)ccc2cc(S(N)(=O)=O)ccc21. The Bertz CT molecular complexity index is 1530. The predicted molar refractivity (Wildman–Crippen MR) is 113 cm³/mol. The van der Waals surface area contributed by atoms with E-state index in [0.29, 0.717) is 11.5 Å². The van der Waals surface area contributed by atoms with E-state index >= 15 is 4.39 Å². The minimum Gasteiger partial charge on any atom is -0.495 e. The highest BCUT2D eigenvalue weighted by Gasteiger charge is 2.18. The molecule has 1 aromatic heterocycles. The third-order valence-corrected chi connectivity index (χ3v) is 5.79. The predicted octanol–water partition coefficient (Wildman–Crippen LogP) is 3.73. The molecular formula is C22H15F3N2O4S. The van der Waals surface area contributed by atoms with Crippen molar-refractivity contribution in [2.45, 2.75) is 4.90 Å². The maximum absolute atomic E-state index is 15.0. The molecule has 32 heavy (non-hydrogen) atoms. The Morgan fingerprint density at radius 2 is 1.59 bits per heavy atom. The molecule has 6 nitrogen and oxygen atoms in total. The van der Waals surface area contributed by atoms with Gasteiger partial charge in [-0.05, 0) is 48.0 Å². The van der Waals surface area contributed by atoms with E-state index in [4.69, 9.17) is 9.88 Å². The van der Waals surface area contributed by atoms with Gasteiger partial charge < -0.3 is 4.74 Å². The number of aromatic nitrogens is 1. The minimum absolute atomic E-state index is 0.0181. The van der Waals surface area contributed by atoms with E-state index in [9.17, 15) is 22.0 Å². The van der Waals surface area contributed by atoms with Gasteiger partial charge in [0.05, 0.1) is 23.2 Å². The Hall–Kier alpha value is -3.63. The van der Waals surface area contributed by atoms with Crippen LogP contribution >= 0.6 is 0 Å². The van der Waals surface area contributed by atoms with Crippen molar-refractivity contribution in [3.05, 3.63) is 88.5 Å². The first-order valence-corrected chi connectivity index (χ1v) is 10.7. The van der Waals surface area contributed by atoms with Crippen LogP contribution in [-0.4, -0.2) is 20.1 Å². The Morgan fingerprint density at radius 1 is 0.906 bits per heavy atom. The van der Waals surface area contributed by atoms with Crippen molar-refractivity contribution in [3.8, 4) is 22.6 Å². The lowest BCUT2D eigenvalue weighted by Gasteiger charge is -2.16. The number of rotatable bonds is 4. The largest absolute Gasteiger partial charge is 0.495 e. The molecular weight excluding hydrogens is 445 g/mol. The summed E-state index contributed by atoms with van der Waals surface area (Å²) in [6.07, 6.45) is 0. The fourth-order valence-corrected chi connectivity index (χ4v) is 4.01. The molecule has 0 aliphatic rings. The summed E-state index contributed by atoms with van der Waals surface area (Å²) in [5.41, 5.74) is -0.429. The third kappa shape index (κ3) is 3.85. The van der Waals surface area contributed by atoms with Crippen LogP contribution in [0, 0.1) is 17.5 Å². The summed E-state index contributed by atoms with van der Waals surface area (Å²) in [4.78, 5) is 12.5. The van der Waals surface area contributed by atoms with Gasteiger partial charge in [-0.25, -0.2) is 26.7 Å². The fourth-order valence-electron chi connectivity index (χ4n) is 3.46. The average molecular weight is 460 g/mol. The smallest absolute Gasteiger partial charge is 0.255 e. The summed E-state index contributed by atoms with van der Waals surface area (Å²) in [6, 6.07) is 11.3. The second-order valence-electron chi connectivity index (χ2n) is 6.93. The first-order chi connectivity index (χ1) is 15.1. The quantitative estimate of drug-likeness (QED) is 0.502. The molecule has 4 aromatic rings. The standard InChI is InChI=1S/C22H15F3N2O4S/c1-31-21-10-17(13-6-14(23)9-15(24)7-13)18(25)11-20(21)27-19-4-3-16(32(26,29)30)8-12(19)2-5-22(27)28/h2-11H,1H3,(H2,26,29,30). The van der Waals surface area contributed by atoms with Gasteiger partial charge in [-0.15, -0.1) is 0 Å². The molecule has 0 unspecified atom stereocenters. The van der Waals surface area contributed by atoms with Gasteiger partial charge in [0.25, 0.3) is 5.56 Å². The number of hydrogen-bond acceptors (Lipinski definition) is 4. The summed E-state index contributed by atoms with van der Waals surface area (Å²) in [5, 5.41) is 5.52. The molecule has 0 fully saturated rings. The Balaban J connectivity index is 1.98. The zero-order valence-corrected chi connectivity index (χ0v) is 17.3. The summed E-state index contributed by atoms with van der Waals surface area (Å²) in [7, 11) is -2.68. The van der Waals surface area contributed by atoms with Gasteiger partial charge in [-0.3, -0.25) is 9.36 Å². The van der Waals surface area contributed by atoms with Crippen LogP contribution in [0.4, 0.5) is 13.2 Å². The van der Waals surface area contributed by atoms with E-state index in [2.05, 4.69) is 0 Å². The summed E-state index contributed by atoms with van der Waals surface area (Å²) in [6.45, 7) is 0. The second-order valence-corrected chi connectivity index (χ2v) is 8.50. The first kappa shape index (κ1) is 21.6. The lowest BCUT2D eigenvalue weighted by atomic mass is 10.0. The van der Waals surface area contributed by atoms with E-state index in [0.717, 1.165) is 22.8 Å². The molecule has 2 N–H and O–H groups in total. The van der Waals surface area contributed by atoms with E-state index in [1.54, 1.807) is 0 Å². The van der Waals surface area contributed by atoms with Crippen molar-refractivity contribution in [1.29, 1.82) is 0 Å². The molecule has 10 heteroatoms. The Labute approximate surface area is 180 Å². The molecule has 164 valence electrons. The number of ether oxygens (including phenoxy) is 1. The summed E-state index contributed by atoms with van der Waals surface area (Å²) in [5.74, 6) is -2.55. The van der Waals surface area contributed by atoms with Crippen molar-refractivity contribution < 1.29 is 26.3 Å². The van der Waals surface area contributed by atoms with Gasteiger partial charge in [0.1, 0.15) is 23.2 Å². The molecule has 0 spiro atoms. The molecule has 3 aromatic carbocycles. The first-order valence-electron chi connectivity index (χ1n) is 9.11. The van der Waals surface area contributed by atoms with Crippen molar-refractivity contribution in [1.82, 2.24) is 4.57 Å². The van der Waals surface area contributed by atoms with E-state index in [1.807, 2.05) is 0 Å². The van der Waals surface area contributed by atoms with Crippen LogP contribution in [0.3, 0.4) is 0 Å². The summed E-state index contributed by atoms with van der Waals surface area (Å²) < 4.78 is 72.1. The maximum Gasteiger partial charge on any atom is 0.255 e. The molecule has 0 saturated carbocycles. The molecule has 0 bridgehead atoms. The Morgan fingerprint density at radius 3 is 2.22 bits per heavy atom. The number of fused-ring (bicyclic) bond motifs is 1. The van der Waals surface area contributed by atoms with Crippen molar-refractivity contribution >= 4 is 20.9 Å². The molecule has 0 radical (unpaired) electrons. The lowest BCUT2D eigenvalue weighted by molar-refractivity contribution is 0.412. The van der Waals surface area contributed by atoms with Gasteiger partial charge in [-0.1, -0.05) is 0 Å². The van der Waals surface area contributed by atoms with E-state index in [-0.39, 0.29) is 33.0 Å². The molecule has 0 aliphatic heterocycles. The van der Waals surface area contributed by atoms with Gasteiger partial charge in [0, 0.05) is 29.1 Å². The minimum atomic E-state index is -3.98. The van der Waals surface area contributed by atoms with Crippen LogP contribution < -0.4 is 15.4 Å². The zero-order chi connectivity index (χ0) is 23.2. The number of nitrogens with zero attached hydrogens (tertiary/aromatic N) is 1. The number of nitrogens with two attached hydrogens (primary N) is 1. The highest BCUT2D eigenvalue weighted by molar-refractivity contribution is 7.89. The molecule has 0 amide bonds. The lowest BCUT2D eigenvalue weighted by Crippen LogP contribution is -2.19. The fraction of sp³-hybridized carbons (Fsp3) is 0.0455.